The van der Waals surface area contributed by atoms with Crippen LogP contribution < -0.4 is 5.43 Å². The Kier molecular flexibility index (Phi) is 4.72. The second-order valence-electron chi connectivity index (χ2n) is 5.73. The van der Waals surface area contributed by atoms with Crippen LogP contribution in [0.25, 0.3) is 11.5 Å². The van der Waals surface area contributed by atoms with Crippen molar-refractivity contribution >= 4 is 11.7 Å². The summed E-state index contributed by atoms with van der Waals surface area (Å²) in [7, 11) is 1.94. The molecule has 0 radical (unpaired) electrons. The lowest BCUT2D eigenvalue weighted by atomic mass is 10.2. The normalized spacial score (nSPS) is 15.6. The van der Waals surface area contributed by atoms with Crippen LogP contribution in [0.3, 0.4) is 0 Å². The summed E-state index contributed by atoms with van der Waals surface area (Å²) in [6, 6.07) is 4.58. The minimum absolute atomic E-state index is 0.304. The first-order chi connectivity index (χ1) is 11.5. The molecule has 1 saturated heterocycles. The van der Waals surface area contributed by atoms with Crippen molar-refractivity contribution in [1.29, 1.82) is 0 Å². The van der Waals surface area contributed by atoms with Crippen molar-refractivity contribution in [2.75, 3.05) is 25.6 Å². The van der Waals surface area contributed by atoms with Crippen molar-refractivity contribution in [2.45, 2.75) is 26.2 Å². The van der Waals surface area contributed by atoms with Crippen LogP contribution in [-0.4, -0.2) is 45.2 Å². The van der Waals surface area contributed by atoms with Gasteiger partial charge < -0.3 is 4.42 Å². The molecule has 0 amide bonds. The molecule has 24 heavy (non-hydrogen) atoms. The third kappa shape index (κ3) is 3.69. The van der Waals surface area contributed by atoms with Gasteiger partial charge in [0, 0.05) is 26.2 Å². The summed E-state index contributed by atoms with van der Waals surface area (Å²) in [5.41, 5.74) is 3.73. The maximum absolute atomic E-state index is 10.8. The number of nitro groups is 1. The largest absolute Gasteiger partial charge is 0.433 e. The molecule has 9 nitrogen and oxygen atoms in total. The van der Waals surface area contributed by atoms with E-state index in [1.165, 1.54) is 31.4 Å². The van der Waals surface area contributed by atoms with Crippen LogP contribution >= 0.6 is 0 Å². The van der Waals surface area contributed by atoms with Gasteiger partial charge in [-0.15, -0.1) is 0 Å². The highest BCUT2D eigenvalue weighted by molar-refractivity contribution is 5.58. The fourth-order valence-corrected chi connectivity index (χ4v) is 2.73. The minimum Gasteiger partial charge on any atom is -0.399 e. The summed E-state index contributed by atoms with van der Waals surface area (Å²) in [4.78, 5) is 18.9. The number of furan rings is 1. The zero-order valence-corrected chi connectivity index (χ0v) is 13.7. The van der Waals surface area contributed by atoms with E-state index in [2.05, 4.69) is 20.4 Å². The molecule has 0 spiro atoms. The monoisotopic (exact) mass is 332 g/mol. The van der Waals surface area contributed by atoms with E-state index in [1.807, 2.05) is 12.2 Å². The molecule has 9 heteroatoms. The lowest BCUT2D eigenvalue weighted by molar-refractivity contribution is -0.401. The van der Waals surface area contributed by atoms with Crippen molar-refractivity contribution in [3.8, 4) is 11.5 Å². The molecule has 0 bridgehead atoms. The number of piperidine rings is 1. The zero-order valence-electron chi connectivity index (χ0n) is 13.7. The number of nitrogens with zero attached hydrogens (tertiary/aromatic N) is 5. The SMILES string of the molecule is Cc1nc(NN(C)N2CCCCC2)cc(-c2ccc([N+](=O)[O-])o2)n1. The molecule has 2 aromatic heterocycles. The molecule has 3 heterocycles. The van der Waals surface area contributed by atoms with E-state index < -0.39 is 4.92 Å². The highest BCUT2D eigenvalue weighted by Gasteiger charge is 2.17. The Morgan fingerprint density at radius 3 is 2.71 bits per heavy atom. The quantitative estimate of drug-likeness (QED) is 0.658. The van der Waals surface area contributed by atoms with Gasteiger partial charge in [0.1, 0.15) is 22.3 Å². The Bertz CT molecular complexity index is 726. The summed E-state index contributed by atoms with van der Waals surface area (Å²) in [5, 5.41) is 14.9. The second kappa shape index (κ2) is 6.93. The van der Waals surface area contributed by atoms with Crippen LogP contribution in [0.15, 0.2) is 22.6 Å². The fourth-order valence-electron chi connectivity index (χ4n) is 2.73. The number of hydrogen-bond acceptors (Lipinski definition) is 8. The number of aryl methyl sites for hydroxylation is 1. The van der Waals surface area contributed by atoms with Crippen molar-refractivity contribution in [3.05, 3.63) is 34.1 Å². The molecular weight excluding hydrogens is 312 g/mol. The Labute approximate surface area is 139 Å². The molecule has 1 fully saturated rings. The van der Waals surface area contributed by atoms with Crippen molar-refractivity contribution in [2.24, 2.45) is 0 Å². The van der Waals surface area contributed by atoms with Gasteiger partial charge in [-0.25, -0.2) is 15.0 Å². The van der Waals surface area contributed by atoms with Gasteiger partial charge in [-0.3, -0.25) is 15.5 Å². The van der Waals surface area contributed by atoms with Gasteiger partial charge in [-0.1, -0.05) is 6.42 Å². The first kappa shape index (κ1) is 16.3. The van der Waals surface area contributed by atoms with E-state index >= 15 is 0 Å². The average molecular weight is 332 g/mol. The van der Waals surface area contributed by atoms with Crippen molar-refractivity contribution in [1.82, 2.24) is 20.1 Å². The van der Waals surface area contributed by atoms with Gasteiger partial charge in [0.25, 0.3) is 0 Å². The zero-order chi connectivity index (χ0) is 17.1. The Hall–Kier alpha value is -2.52. The number of hydrogen-bond donors (Lipinski definition) is 1. The predicted octanol–water partition coefficient (Wildman–Crippen LogP) is 2.61. The molecule has 3 rings (SSSR count). The Morgan fingerprint density at radius 2 is 2.04 bits per heavy atom. The molecule has 0 atom stereocenters. The summed E-state index contributed by atoms with van der Waals surface area (Å²) in [6.07, 6.45) is 3.62. The van der Waals surface area contributed by atoms with Gasteiger partial charge in [0.15, 0.2) is 5.76 Å². The van der Waals surface area contributed by atoms with Crippen LogP contribution in [0.1, 0.15) is 25.1 Å². The first-order valence-electron chi connectivity index (χ1n) is 7.88. The topological polar surface area (TPSA) is 101 Å². The van der Waals surface area contributed by atoms with Gasteiger partial charge in [-0.2, -0.15) is 5.12 Å². The van der Waals surface area contributed by atoms with E-state index in [0.717, 1.165) is 13.1 Å². The lowest BCUT2D eigenvalue weighted by Gasteiger charge is -2.34. The number of aromatic nitrogens is 2. The Balaban J connectivity index is 1.79. The number of rotatable bonds is 5. The smallest absolute Gasteiger partial charge is 0.399 e. The molecule has 0 saturated carbocycles. The molecule has 0 aromatic carbocycles. The van der Waals surface area contributed by atoms with Crippen LogP contribution in [0.5, 0.6) is 0 Å². The molecule has 0 aliphatic carbocycles. The predicted molar refractivity (Wildman–Crippen MR) is 87.9 cm³/mol. The first-order valence-corrected chi connectivity index (χ1v) is 7.88. The summed E-state index contributed by atoms with van der Waals surface area (Å²) < 4.78 is 5.22. The highest BCUT2D eigenvalue weighted by Crippen LogP contribution is 2.26. The minimum atomic E-state index is -0.569. The summed E-state index contributed by atoms with van der Waals surface area (Å²) in [6.45, 7) is 3.78. The standard InChI is InChI=1S/C15H20N6O3/c1-11-16-12(13-6-7-15(24-13)21(22)23)10-14(17-11)18-19(2)20-8-4-3-5-9-20/h6-7,10H,3-5,8-9H2,1-2H3,(H,16,17,18). The number of nitrogens with one attached hydrogen (secondary N) is 1. The highest BCUT2D eigenvalue weighted by atomic mass is 16.6. The van der Waals surface area contributed by atoms with Crippen LogP contribution in [0.4, 0.5) is 11.7 Å². The van der Waals surface area contributed by atoms with Crippen LogP contribution in [-0.2, 0) is 0 Å². The average Bonchev–Trinajstić information content (AvgIpc) is 3.05. The number of hydrazine groups is 2. The lowest BCUT2D eigenvalue weighted by Crippen LogP contribution is -2.46. The maximum Gasteiger partial charge on any atom is 0.433 e. The van der Waals surface area contributed by atoms with Gasteiger partial charge in [0.2, 0.25) is 0 Å². The van der Waals surface area contributed by atoms with Gasteiger partial charge >= 0.3 is 5.88 Å². The molecule has 1 N–H and O–H groups in total. The maximum atomic E-state index is 10.8. The molecule has 2 aromatic rings. The Morgan fingerprint density at radius 1 is 1.29 bits per heavy atom. The molecule has 0 unspecified atom stereocenters. The van der Waals surface area contributed by atoms with E-state index in [4.69, 9.17) is 4.42 Å². The van der Waals surface area contributed by atoms with Crippen molar-refractivity contribution in [3.63, 3.8) is 0 Å². The van der Waals surface area contributed by atoms with E-state index in [0.29, 0.717) is 23.1 Å². The number of anilines is 1. The van der Waals surface area contributed by atoms with Crippen LogP contribution in [0, 0.1) is 17.0 Å². The molecular formula is C15H20N6O3. The molecule has 1 aliphatic rings. The second-order valence-corrected chi connectivity index (χ2v) is 5.73. The summed E-state index contributed by atoms with van der Waals surface area (Å²) >= 11 is 0. The van der Waals surface area contributed by atoms with E-state index in [1.54, 1.807) is 13.0 Å². The molecule has 1 aliphatic heterocycles. The van der Waals surface area contributed by atoms with Crippen molar-refractivity contribution < 1.29 is 9.34 Å². The van der Waals surface area contributed by atoms with E-state index in [-0.39, 0.29) is 5.88 Å². The van der Waals surface area contributed by atoms with Gasteiger partial charge in [0.05, 0.1) is 6.07 Å². The fraction of sp³-hybridized carbons (Fsp3) is 0.467. The third-order valence-corrected chi connectivity index (χ3v) is 3.90. The van der Waals surface area contributed by atoms with E-state index in [9.17, 15) is 10.1 Å². The third-order valence-electron chi connectivity index (χ3n) is 3.90. The van der Waals surface area contributed by atoms with Gasteiger partial charge in [-0.05, 0) is 25.8 Å². The molecule has 128 valence electrons. The van der Waals surface area contributed by atoms with Crippen LogP contribution in [0.2, 0.25) is 0 Å². The summed E-state index contributed by atoms with van der Waals surface area (Å²) in [5.74, 6) is 1.21.